The fraction of sp³-hybridized carbons (Fsp3) is 0.136. The Balaban J connectivity index is 1.61. The topological polar surface area (TPSA) is 89.8 Å². The molecule has 0 saturated heterocycles. The number of aryl methyl sites for hydroxylation is 1. The molecule has 4 aromatic rings. The maximum atomic E-state index is 13.1. The SMILES string of the molecule is Cc1cccc(NC(=O)CSc2nc3nccnc3c(=O)n2Cc2ccc(Cl)cc2)c1. The minimum Gasteiger partial charge on any atom is -0.325 e. The van der Waals surface area contributed by atoms with Crippen molar-refractivity contribution < 1.29 is 4.79 Å². The van der Waals surface area contributed by atoms with Gasteiger partial charge in [-0.15, -0.1) is 0 Å². The molecule has 0 bridgehead atoms. The van der Waals surface area contributed by atoms with Gasteiger partial charge in [0.2, 0.25) is 5.91 Å². The molecule has 1 N–H and O–H groups in total. The fourth-order valence-electron chi connectivity index (χ4n) is 3.00. The van der Waals surface area contributed by atoms with Crippen molar-refractivity contribution in [3.63, 3.8) is 0 Å². The van der Waals surface area contributed by atoms with Gasteiger partial charge in [0.25, 0.3) is 5.56 Å². The Labute approximate surface area is 187 Å². The number of benzene rings is 2. The Hall–Kier alpha value is -3.23. The van der Waals surface area contributed by atoms with Gasteiger partial charge < -0.3 is 5.32 Å². The van der Waals surface area contributed by atoms with Crippen LogP contribution in [0, 0.1) is 6.92 Å². The Bertz CT molecular complexity index is 1310. The molecule has 2 heterocycles. The summed E-state index contributed by atoms with van der Waals surface area (Å²) in [6, 6.07) is 14.8. The highest BCUT2D eigenvalue weighted by molar-refractivity contribution is 7.99. The number of rotatable bonds is 6. The first-order chi connectivity index (χ1) is 15.0. The van der Waals surface area contributed by atoms with Crippen molar-refractivity contribution in [3.05, 3.63) is 87.4 Å². The van der Waals surface area contributed by atoms with E-state index in [1.807, 2.05) is 43.3 Å². The maximum Gasteiger partial charge on any atom is 0.282 e. The zero-order valence-electron chi connectivity index (χ0n) is 16.6. The van der Waals surface area contributed by atoms with Gasteiger partial charge >= 0.3 is 0 Å². The number of hydrogen-bond donors (Lipinski definition) is 1. The molecule has 0 fully saturated rings. The molecule has 1 amide bonds. The quantitative estimate of drug-likeness (QED) is 0.353. The average Bonchev–Trinajstić information content (AvgIpc) is 2.76. The summed E-state index contributed by atoms with van der Waals surface area (Å²) in [5.74, 6) is -0.102. The molecule has 0 aliphatic heterocycles. The van der Waals surface area contributed by atoms with Gasteiger partial charge in [0.05, 0.1) is 12.3 Å². The summed E-state index contributed by atoms with van der Waals surface area (Å²) >= 11 is 7.14. The monoisotopic (exact) mass is 451 g/mol. The Morgan fingerprint density at radius 3 is 2.68 bits per heavy atom. The molecule has 0 spiro atoms. The Morgan fingerprint density at radius 2 is 1.90 bits per heavy atom. The largest absolute Gasteiger partial charge is 0.325 e. The number of carbonyl (C=O) groups is 1. The van der Waals surface area contributed by atoms with Crippen LogP contribution >= 0.6 is 23.4 Å². The molecule has 9 heteroatoms. The second-order valence-electron chi connectivity index (χ2n) is 6.85. The van der Waals surface area contributed by atoms with E-state index in [1.54, 1.807) is 12.1 Å². The van der Waals surface area contributed by atoms with Crippen molar-refractivity contribution in [3.8, 4) is 0 Å². The number of halogens is 1. The van der Waals surface area contributed by atoms with Gasteiger partial charge in [-0.25, -0.2) is 15.0 Å². The lowest BCUT2D eigenvalue weighted by Gasteiger charge is -2.13. The number of fused-ring (bicyclic) bond motifs is 1. The number of carbonyl (C=O) groups excluding carboxylic acids is 1. The van der Waals surface area contributed by atoms with Gasteiger partial charge in [0, 0.05) is 23.1 Å². The molecule has 0 atom stereocenters. The molecular weight excluding hydrogens is 434 g/mol. The van der Waals surface area contributed by atoms with Gasteiger partial charge in [0.1, 0.15) is 0 Å². The second-order valence-corrected chi connectivity index (χ2v) is 8.23. The van der Waals surface area contributed by atoms with Crippen molar-refractivity contribution in [2.24, 2.45) is 0 Å². The van der Waals surface area contributed by atoms with Crippen LogP contribution in [0.3, 0.4) is 0 Å². The van der Waals surface area contributed by atoms with Gasteiger partial charge in [-0.3, -0.25) is 14.2 Å². The molecule has 4 rings (SSSR count). The highest BCUT2D eigenvalue weighted by atomic mass is 35.5. The lowest BCUT2D eigenvalue weighted by Crippen LogP contribution is -2.25. The third-order valence-corrected chi connectivity index (χ3v) is 5.68. The average molecular weight is 452 g/mol. The highest BCUT2D eigenvalue weighted by Crippen LogP contribution is 2.19. The smallest absolute Gasteiger partial charge is 0.282 e. The summed E-state index contributed by atoms with van der Waals surface area (Å²) in [7, 11) is 0. The van der Waals surface area contributed by atoms with E-state index in [9.17, 15) is 9.59 Å². The lowest BCUT2D eigenvalue weighted by atomic mass is 10.2. The molecule has 31 heavy (non-hydrogen) atoms. The van der Waals surface area contributed by atoms with Gasteiger partial charge in [-0.05, 0) is 42.3 Å². The number of anilines is 1. The van der Waals surface area contributed by atoms with Crippen LogP contribution in [0.4, 0.5) is 5.69 Å². The third-order valence-electron chi connectivity index (χ3n) is 4.45. The standard InChI is InChI=1S/C22H18ClN5O2S/c1-14-3-2-4-17(11-14)26-18(29)13-31-22-27-20-19(24-9-10-25-20)21(30)28(22)12-15-5-7-16(23)8-6-15/h2-11H,12-13H2,1H3,(H,26,29). The fourth-order valence-corrected chi connectivity index (χ4v) is 3.91. The zero-order chi connectivity index (χ0) is 21.8. The summed E-state index contributed by atoms with van der Waals surface area (Å²) in [5, 5.41) is 3.87. The molecular formula is C22H18ClN5O2S. The predicted molar refractivity (Wildman–Crippen MR) is 123 cm³/mol. The zero-order valence-corrected chi connectivity index (χ0v) is 18.2. The van der Waals surface area contributed by atoms with Crippen molar-refractivity contribution >= 4 is 46.1 Å². The molecule has 156 valence electrons. The van der Waals surface area contributed by atoms with E-state index in [0.29, 0.717) is 10.2 Å². The summed E-state index contributed by atoms with van der Waals surface area (Å²) in [4.78, 5) is 38.3. The lowest BCUT2D eigenvalue weighted by molar-refractivity contribution is -0.113. The molecule has 0 aliphatic rings. The van der Waals surface area contributed by atoms with Crippen LogP contribution in [0.5, 0.6) is 0 Å². The molecule has 2 aromatic heterocycles. The van der Waals surface area contributed by atoms with Gasteiger partial charge in [-0.2, -0.15) is 0 Å². The molecule has 0 radical (unpaired) electrons. The molecule has 0 saturated carbocycles. The van der Waals surface area contributed by atoms with Crippen molar-refractivity contribution in [1.82, 2.24) is 19.5 Å². The maximum absolute atomic E-state index is 13.1. The van der Waals surface area contributed by atoms with Crippen LogP contribution in [-0.4, -0.2) is 31.2 Å². The van der Waals surface area contributed by atoms with Crippen molar-refractivity contribution in [1.29, 1.82) is 0 Å². The molecule has 0 unspecified atom stereocenters. The van der Waals surface area contributed by atoms with Crippen LogP contribution < -0.4 is 10.9 Å². The number of nitrogens with one attached hydrogen (secondary N) is 1. The van der Waals surface area contributed by atoms with Crippen LogP contribution in [0.25, 0.3) is 11.2 Å². The highest BCUT2D eigenvalue weighted by Gasteiger charge is 2.15. The summed E-state index contributed by atoms with van der Waals surface area (Å²) in [6.07, 6.45) is 2.94. The molecule has 7 nitrogen and oxygen atoms in total. The van der Waals surface area contributed by atoms with Crippen LogP contribution in [0.1, 0.15) is 11.1 Å². The first-order valence-corrected chi connectivity index (χ1v) is 10.8. The predicted octanol–water partition coefficient (Wildman–Crippen LogP) is 3.93. The van der Waals surface area contributed by atoms with E-state index in [0.717, 1.165) is 16.8 Å². The number of amides is 1. The first kappa shape index (κ1) is 21.0. The number of thioether (sulfide) groups is 1. The molecule has 2 aromatic carbocycles. The summed E-state index contributed by atoms with van der Waals surface area (Å²) in [5.41, 5.74) is 2.78. The van der Waals surface area contributed by atoms with Crippen LogP contribution in [0.15, 0.2) is 70.9 Å². The van der Waals surface area contributed by atoms with Crippen LogP contribution in [0.2, 0.25) is 5.02 Å². The Kier molecular flexibility index (Phi) is 6.29. The van der Waals surface area contributed by atoms with E-state index in [1.165, 1.54) is 28.7 Å². The summed E-state index contributed by atoms with van der Waals surface area (Å²) < 4.78 is 1.50. The van der Waals surface area contributed by atoms with Gasteiger partial charge in [0.15, 0.2) is 16.3 Å². The number of hydrogen-bond acceptors (Lipinski definition) is 6. The van der Waals surface area contributed by atoms with E-state index >= 15 is 0 Å². The normalized spacial score (nSPS) is 10.9. The van der Waals surface area contributed by atoms with Gasteiger partial charge in [-0.1, -0.05) is 47.6 Å². The van der Waals surface area contributed by atoms with E-state index in [4.69, 9.17) is 11.6 Å². The number of aromatic nitrogens is 4. The Morgan fingerprint density at radius 1 is 1.13 bits per heavy atom. The first-order valence-electron chi connectivity index (χ1n) is 9.45. The van der Waals surface area contributed by atoms with E-state index in [-0.39, 0.29) is 34.9 Å². The van der Waals surface area contributed by atoms with Crippen molar-refractivity contribution in [2.45, 2.75) is 18.6 Å². The van der Waals surface area contributed by atoms with E-state index < -0.39 is 0 Å². The van der Waals surface area contributed by atoms with Crippen LogP contribution in [-0.2, 0) is 11.3 Å². The van der Waals surface area contributed by atoms with Crippen molar-refractivity contribution in [2.75, 3.05) is 11.1 Å². The second kappa shape index (κ2) is 9.28. The minimum atomic E-state index is -0.311. The molecule has 0 aliphatic carbocycles. The number of nitrogens with zero attached hydrogens (tertiary/aromatic N) is 4. The minimum absolute atomic E-state index is 0.0900. The summed E-state index contributed by atoms with van der Waals surface area (Å²) in [6.45, 7) is 2.23. The third kappa shape index (κ3) is 5.10. The van der Waals surface area contributed by atoms with E-state index in [2.05, 4.69) is 20.3 Å².